The van der Waals surface area contributed by atoms with Crippen LogP contribution in [0.1, 0.15) is 54.9 Å². The molecule has 0 aliphatic carbocycles. The number of allylic oxidation sites excluding steroid dienone is 2. The minimum absolute atomic E-state index is 0.237. The molecule has 0 aromatic heterocycles. The normalized spacial score (nSPS) is 12.5. The zero-order valence-corrected chi connectivity index (χ0v) is 10.7. The zero-order valence-electron chi connectivity index (χ0n) is 10.7. The molecule has 1 nitrogen and oxygen atoms in total. The first-order valence-corrected chi connectivity index (χ1v) is 5.25. The van der Waals surface area contributed by atoms with Crippen LogP contribution in [0.15, 0.2) is 11.6 Å². The summed E-state index contributed by atoms with van der Waals surface area (Å²) in [5, 5.41) is 0. The smallest absolute Gasteiger partial charge is 0.144 e. The van der Waals surface area contributed by atoms with Crippen LogP contribution < -0.4 is 0 Å². The first kappa shape index (κ1) is 13.4. The lowest BCUT2D eigenvalue weighted by atomic mass is 9.73. The third kappa shape index (κ3) is 4.08. The predicted octanol–water partition coefficient (Wildman–Crippen LogP) is 3.98. The molecule has 14 heavy (non-hydrogen) atoms. The summed E-state index contributed by atoms with van der Waals surface area (Å²) in [6.45, 7) is 14.1. The van der Waals surface area contributed by atoms with Gasteiger partial charge in [-0.05, 0) is 20.3 Å². The molecule has 0 aliphatic heterocycles. The number of Topliss-reactive ketones (excluding diaryl/α,β-unsaturated/α-hetero) is 1. The van der Waals surface area contributed by atoms with Crippen LogP contribution in [0.2, 0.25) is 0 Å². The quantitative estimate of drug-likeness (QED) is 0.624. The molecule has 0 amide bonds. The molecular formula is C13H24O. The van der Waals surface area contributed by atoms with Gasteiger partial charge in [-0.15, -0.1) is 0 Å². The number of carbonyl (C=O) groups is 1. The number of rotatable bonds is 3. The van der Waals surface area contributed by atoms with E-state index in [1.165, 1.54) is 5.57 Å². The van der Waals surface area contributed by atoms with E-state index in [0.29, 0.717) is 5.78 Å². The lowest BCUT2D eigenvalue weighted by Crippen LogP contribution is -2.34. The topological polar surface area (TPSA) is 17.1 Å². The number of hydrogen-bond donors (Lipinski definition) is 0. The molecular weight excluding hydrogens is 172 g/mol. The van der Waals surface area contributed by atoms with Gasteiger partial charge in [0.15, 0.2) is 0 Å². The number of hydrogen-bond acceptors (Lipinski definition) is 1. The monoisotopic (exact) mass is 196 g/mol. The Balaban J connectivity index is 4.63. The van der Waals surface area contributed by atoms with E-state index in [2.05, 4.69) is 19.9 Å². The summed E-state index contributed by atoms with van der Waals surface area (Å²) < 4.78 is 0. The van der Waals surface area contributed by atoms with Crippen LogP contribution in [0.25, 0.3) is 0 Å². The third-order valence-corrected chi connectivity index (χ3v) is 2.32. The van der Waals surface area contributed by atoms with Crippen LogP contribution in [0.4, 0.5) is 0 Å². The fourth-order valence-electron chi connectivity index (χ4n) is 1.57. The van der Waals surface area contributed by atoms with Gasteiger partial charge in [-0.25, -0.2) is 0 Å². The van der Waals surface area contributed by atoms with E-state index < -0.39 is 0 Å². The largest absolute Gasteiger partial charge is 0.299 e. The molecule has 0 spiro atoms. The van der Waals surface area contributed by atoms with Crippen molar-refractivity contribution < 1.29 is 4.79 Å². The van der Waals surface area contributed by atoms with Gasteiger partial charge in [0, 0.05) is 10.8 Å². The Bertz CT molecular complexity index is 234. The average Bonchev–Trinajstić information content (AvgIpc) is 1.98. The van der Waals surface area contributed by atoms with Crippen molar-refractivity contribution in [3.63, 3.8) is 0 Å². The molecule has 0 saturated carbocycles. The minimum Gasteiger partial charge on any atom is -0.299 e. The van der Waals surface area contributed by atoms with Crippen molar-refractivity contribution in [2.24, 2.45) is 10.8 Å². The second-order valence-corrected chi connectivity index (χ2v) is 5.95. The Morgan fingerprint density at radius 2 is 1.50 bits per heavy atom. The van der Waals surface area contributed by atoms with E-state index in [9.17, 15) is 4.79 Å². The van der Waals surface area contributed by atoms with E-state index in [0.717, 1.165) is 6.42 Å². The molecule has 1 heteroatoms. The van der Waals surface area contributed by atoms with Crippen molar-refractivity contribution in [3.05, 3.63) is 11.6 Å². The highest BCUT2D eigenvalue weighted by atomic mass is 16.1. The lowest BCUT2D eigenvalue weighted by Gasteiger charge is -2.30. The van der Waals surface area contributed by atoms with Crippen LogP contribution >= 0.6 is 0 Å². The first-order chi connectivity index (χ1) is 6.07. The van der Waals surface area contributed by atoms with Gasteiger partial charge in [-0.3, -0.25) is 4.79 Å². The van der Waals surface area contributed by atoms with Crippen LogP contribution in [0, 0.1) is 10.8 Å². The van der Waals surface area contributed by atoms with Gasteiger partial charge < -0.3 is 0 Å². The standard InChI is InChI=1S/C13H24O/c1-10(2)8-9-13(6,7)11(14)12(3,4)5/h8H,9H2,1-7H3. The maximum absolute atomic E-state index is 12.1. The molecule has 0 aliphatic rings. The molecule has 0 rings (SSSR count). The van der Waals surface area contributed by atoms with Gasteiger partial charge >= 0.3 is 0 Å². The highest BCUT2D eigenvalue weighted by Crippen LogP contribution is 2.32. The fraction of sp³-hybridized carbons (Fsp3) is 0.769. The van der Waals surface area contributed by atoms with Crippen molar-refractivity contribution in [1.82, 2.24) is 0 Å². The SMILES string of the molecule is CC(C)=CCC(C)(C)C(=O)C(C)(C)C. The van der Waals surface area contributed by atoms with Crippen molar-refractivity contribution in [3.8, 4) is 0 Å². The molecule has 0 fully saturated rings. The molecule has 0 heterocycles. The molecule has 0 aromatic carbocycles. The van der Waals surface area contributed by atoms with Crippen LogP contribution in [-0.2, 0) is 4.79 Å². The van der Waals surface area contributed by atoms with Crippen molar-refractivity contribution in [2.75, 3.05) is 0 Å². The van der Waals surface area contributed by atoms with E-state index in [4.69, 9.17) is 0 Å². The Hall–Kier alpha value is -0.590. The number of ketones is 1. The minimum atomic E-state index is -0.241. The highest BCUT2D eigenvalue weighted by molar-refractivity contribution is 5.88. The van der Waals surface area contributed by atoms with Crippen molar-refractivity contribution in [2.45, 2.75) is 54.9 Å². The predicted molar refractivity (Wildman–Crippen MR) is 62.3 cm³/mol. The maximum Gasteiger partial charge on any atom is 0.144 e. The Labute approximate surface area is 88.6 Å². The number of carbonyl (C=O) groups excluding carboxylic acids is 1. The second kappa shape index (κ2) is 4.29. The summed E-state index contributed by atoms with van der Waals surface area (Å²) in [5.74, 6) is 0.336. The Morgan fingerprint density at radius 3 is 1.79 bits per heavy atom. The van der Waals surface area contributed by atoms with Gasteiger partial charge in [0.2, 0.25) is 0 Å². The van der Waals surface area contributed by atoms with E-state index >= 15 is 0 Å². The van der Waals surface area contributed by atoms with Crippen LogP contribution in [-0.4, -0.2) is 5.78 Å². The summed E-state index contributed by atoms with van der Waals surface area (Å²) in [6, 6.07) is 0. The summed E-state index contributed by atoms with van der Waals surface area (Å²) in [5.41, 5.74) is 0.800. The molecule has 0 aromatic rings. The molecule has 0 radical (unpaired) electrons. The average molecular weight is 196 g/mol. The van der Waals surface area contributed by atoms with Crippen molar-refractivity contribution >= 4 is 5.78 Å². The van der Waals surface area contributed by atoms with Gasteiger partial charge in [0.05, 0.1) is 0 Å². The van der Waals surface area contributed by atoms with Gasteiger partial charge in [0.1, 0.15) is 5.78 Å². The third-order valence-electron chi connectivity index (χ3n) is 2.32. The van der Waals surface area contributed by atoms with Gasteiger partial charge in [-0.2, -0.15) is 0 Å². The Kier molecular flexibility index (Phi) is 4.11. The molecule has 0 saturated heterocycles. The zero-order chi connectivity index (χ0) is 11.6. The van der Waals surface area contributed by atoms with E-state index in [1.807, 2.05) is 34.6 Å². The first-order valence-electron chi connectivity index (χ1n) is 5.25. The summed E-state index contributed by atoms with van der Waals surface area (Å²) in [6.07, 6.45) is 2.98. The fourth-order valence-corrected chi connectivity index (χ4v) is 1.57. The van der Waals surface area contributed by atoms with Crippen molar-refractivity contribution in [1.29, 1.82) is 0 Å². The van der Waals surface area contributed by atoms with E-state index in [1.54, 1.807) is 0 Å². The van der Waals surface area contributed by atoms with Crippen LogP contribution in [0.5, 0.6) is 0 Å². The lowest BCUT2D eigenvalue weighted by molar-refractivity contribution is -0.134. The summed E-state index contributed by atoms with van der Waals surface area (Å²) >= 11 is 0. The van der Waals surface area contributed by atoms with Gasteiger partial charge in [-0.1, -0.05) is 46.3 Å². The highest BCUT2D eigenvalue weighted by Gasteiger charge is 2.34. The van der Waals surface area contributed by atoms with E-state index in [-0.39, 0.29) is 10.8 Å². The molecule has 0 N–H and O–H groups in total. The Morgan fingerprint density at radius 1 is 1.07 bits per heavy atom. The van der Waals surface area contributed by atoms with Crippen LogP contribution in [0.3, 0.4) is 0 Å². The second-order valence-electron chi connectivity index (χ2n) is 5.95. The summed E-state index contributed by atoms with van der Waals surface area (Å²) in [7, 11) is 0. The molecule has 0 bridgehead atoms. The maximum atomic E-state index is 12.1. The molecule has 0 unspecified atom stereocenters. The molecule has 82 valence electrons. The summed E-state index contributed by atoms with van der Waals surface area (Å²) in [4.78, 5) is 12.1. The van der Waals surface area contributed by atoms with Gasteiger partial charge in [0.25, 0.3) is 0 Å². The molecule has 0 atom stereocenters.